The molecule has 1 atom stereocenters. The molecule has 0 bridgehead atoms. The number of rotatable bonds is 2. The van der Waals surface area contributed by atoms with Crippen molar-refractivity contribution in [1.29, 1.82) is 0 Å². The summed E-state index contributed by atoms with van der Waals surface area (Å²) in [5.74, 6) is -0.464. The molecule has 16 heavy (non-hydrogen) atoms. The molecule has 1 saturated heterocycles. The van der Waals surface area contributed by atoms with Gasteiger partial charge in [-0.1, -0.05) is 0 Å². The average Bonchev–Trinajstić information content (AvgIpc) is 2.39. The molecule has 6 heteroatoms. The Morgan fingerprint density at radius 1 is 1.44 bits per heavy atom. The van der Waals surface area contributed by atoms with E-state index in [1.165, 1.54) is 13.3 Å². The molecule has 1 unspecified atom stereocenters. The quantitative estimate of drug-likeness (QED) is 0.657. The number of carbonyl (C=O) groups excluding carboxylic acids is 1. The summed E-state index contributed by atoms with van der Waals surface area (Å²) in [5.41, 5.74) is 1.06. The summed E-state index contributed by atoms with van der Waals surface area (Å²) in [7, 11) is 1.32. The molecule has 2 heterocycles. The molecule has 0 amide bonds. The fourth-order valence-electron chi connectivity index (χ4n) is 1.59. The number of carbonyl (C=O) groups is 1. The van der Waals surface area contributed by atoms with E-state index in [2.05, 4.69) is 25.3 Å². The summed E-state index contributed by atoms with van der Waals surface area (Å²) in [6.07, 6.45) is 3.05. The fourth-order valence-corrected chi connectivity index (χ4v) is 1.59. The van der Waals surface area contributed by atoms with Gasteiger partial charge in [-0.25, -0.2) is 9.78 Å². The van der Waals surface area contributed by atoms with Gasteiger partial charge in [0.25, 0.3) is 0 Å². The third-order valence-corrected chi connectivity index (χ3v) is 2.46. The van der Waals surface area contributed by atoms with Crippen molar-refractivity contribution in [1.82, 2.24) is 20.6 Å². The monoisotopic (exact) mass is 222 g/mol. The van der Waals surface area contributed by atoms with Crippen LogP contribution in [0.2, 0.25) is 0 Å². The maximum absolute atomic E-state index is 11.1. The maximum Gasteiger partial charge on any atom is 0.358 e. The fraction of sp³-hybridized carbons (Fsp3) is 0.500. The van der Waals surface area contributed by atoms with Gasteiger partial charge >= 0.3 is 5.97 Å². The third kappa shape index (κ3) is 2.34. The van der Waals surface area contributed by atoms with Crippen molar-refractivity contribution >= 4 is 5.97 Å². The van der Waals surface area contributed by atoms with Gasteiger partial charge in [-0.15, -0.1) is 0 Å². The third-order valence-electron chi connectivity index (χ3n) is 2.46. The van der Waals surface area contributed by atoms with E-state index in [0.717, 1.165) is 25.3 Å². The van der Waals surface area contributed by atoms with Crippen LogP contribution in [0.15, 0.2) is 12.4 Å². The van der Waals surface area contributed by atoms with Crippen molar-refractivity contribution in [3.8, 4) is 0 Å². The van der Waals surface area contributed by atoms with Crippen molar-refractivity contribution in [3.05, 3.63) is 23.8 Å². The topological polar surface area (TPSA) is 76.1 Å². The molecule has 1 aliphatic rings. The van der Waals surface area contributed by atoms with E-state index in [0.29, 0.717) is 0 Å². The number of ether oxygens (including phenoxy) is 1. The summed E-state index contributed by atoms with van der Waals surface area (Å²) in [4.78, 5) is 19.4. The van der Waals surface area contributed by atoms with Crippen LogP contribution in [0.1, 0.15) is 22.2 Å². The highest BCUT2D eigenvalue weighted by atomic mass is 16.5. The minimum absolute atomic E-state index is 0.160. The molecule has 0 aliphatic carbocycles. The Hall–Kier alpha value is -1.53. The molecule has 1 aliphatic heterocycles. The number of aromatic nitrogens is 2. The lowest BCUT2D eigenvalue weighted by Gasteiger charge is -2.23. The highest BCUT2D eigenvalue weighted by molar-refractivity contribution is 5.86. The Labute approximate surface area is 93.4 Å². The average molecular weight is 222 g/mol. The van der Waals surface area contributed by atoms with Crippen LogP contribution in [0, 0.1) is 0 Å². The van der Waals surface area contributed by atoms with Crippen molar-refractivity contribution in [2.24, 2.45) is 0 Å². The van der Waals surface area contributed by atoms with Gasteiger partial charge in [0.1, 0.15) is 0 Å². The van der Waals surface area contributed by atoms with E-state index in [1.807, 2.05) is 0 Å². The molecule has 0 aromatic carbocycles. The second-order valence-corrected chi connectivity index (χ2v) is 3.53. The Balaban J connectivity index is 2.09. The van der Waals surface area contributed by atoms with E-state index in [-0.39, 0.29) is 11.7 Å². The second-order valence-electron chi connectivity index (χ2n) is 3.53. The molecule has 0 spiro atoms. The highest BCUT2D eigenvalue weighted by Gasteiger charge is 2.16. The molecule has 1 fully saturated rings. The van der Waals surface area contributed by atoms with Crippen molar-refractivity contribution in [3.63, 3.8) is 0 Å². The summed E-state index contributed by atoms with van der Waals surface area (Å²) < 4.78 is 4.55. The van der Waals surface area contributed by atoms with Gasteiger partial charge in [0.2, 0.25) is 0 Å². The molecule has 2 N–H and O–H groups in total. The minimum atomic E-state index is -0.464. The molecular formula is C10H14N4O2. The van der Waals surface area contributed by atoms with Crippen LogP contribution in [0.4, 0.5) is 0 Å². The van der Waals surface area contributed by atoms with Gasteiger partial charge in [0.15, 0.2) is 5.69 Å². The van der Waals surface area contributed by atoms with Gasteiger partial charge in [-0.05, 0) is 0 Å². The van der Waals surface area contributed by atoms with Gasteiger partial charge in [-0.2, -0.15) is 0 Å². The minimum Gasteiger partial charge on any atom is -0.464 e. The molecule has 2 rings (SSSR count). The van der Waals surface area contributed by atoms with E-state index < -0.39 is 5.97 Å². The molecule has 6 nitrogen and oxygen atoms in total. The molecular weight excluding hydrogens is 208 g/mol. The summed E-state index contributed by atoms with van der Waals surface area (Å²) >= 11 is 0. The molecule has 0 saturated carbocycles. The normalized spacial score (nSPS) is 20.4. The molecule has 86 valence electrons. The first-order valence-electron chi connectivity index (χ1n) is 5.15. The number of hydrogen-bond acceptors (Lipinski definition) is 6. The van der Waals surface area contributed by atoms with Gasteiger partial charge < -0.3 is 15.4 Å². The second kappa shape index (κ2) is 5.00. The Morgan fingerprint density at radius 2 is 2.31 bits per heavy atom. The van der Waals surface area contributed by atoms with Gasteiger partial charge in [0.05, 0.1) is 31.2 Å². The number of piperazine rings is 1. The Kier molecular flexibility index (Phi) is 3.43. The number of nitrogens with one attached hydrogen (secondary N) is 2. The first-order chi connectivity index (χ1) is 7.81. The number of nitrogens with zero attached hydrogens (tertiary/aromatic N) is 2. The van der Waals surface area contributed by atoms with E-state index >= 15 is 0 Å². The largest absolute Gasteiger partial charge is 0.464 e. The van der Waals surface area contributed by atoms with E-state index in [9.17, 15) is 4.79 Å². The standard InChI is InChI=1S/C10H14N4O2/c1-16-10(15)9-6-13-8(5-14-9)7-4-11-2-3-12-7/h5-7,11-12H,2-4H2,1H3. The number of esters is 1. The zero-order chi connectivity index (χ0) is 11.4. The maximum atomic E-state index is 11.1. The van der Waals surface area contributed by atoms with E-state index in [1.54, 1.807) is 6.20 Å². The first-order valence-corrected chi connectivity index (χ1v) is 5.15. The van der Waals surface area contributed by atoms with Gasteiger partial charge in [-0.3, -0.25) is 4.98 Å². The van der Waals surface area contributed by atoms with Crippen LogP contribution >= 0.6 is 0 Å². The van der Waals surface area contributed by atoms with Crippen LogP contribution in [0.3, 0.4) is 0 Å². The molecule has 1 aromatic rings. The predicted molar refractivity (Wildman–Crippen MR) is 57.0 cm³/mol. The zero-order valence-electron chi connectivity index (χ0n) is 9.06. The lowest BCUT2D eigenvalue weighted by atomic mass is 10.2. The van der Waals surface area contributed by atoms with Gasteiger partial charge in [0, 0.05) is 19.6 Å². The van der Waals surface area contributed by atoms with Crippen LogP contribution in [0.25, 0.3) is 0 Å². The SMILES string of the molecule is COC(=O)c1cnc(C2CNCCN2)cn1. The first kappa shape index (κ1) is 11.0. The molecule has 0 radical (unpaired) electrons. The van der Waals surface area contributed by atoms with Crippen LogP contribution in [0.5, 0.6) is 0 Å². The summed E-state index contributed by atoms with van der Waals surface area (Å²) in [5, 5.41) is 6.58. The van der Waals surface area contributed by atoms with Crippen molar-refractivity contribution in [2.45, 2.75) is 6.04 Å². The lowest BCUT2D eigenvalue weighted by Crippen LogP contribution is -2.43. The summed E-state index contributed by atoms with van der Waals surface area (Å²) in [6, 6.07) is 0.160. The van der Waals surface area contributed by atoms with Crippen LogP contribution < -0.4 is 10.6 Å². The highest BCUT2D eigenvalue weighted by Crippen LogP contribution is 2.09. The van der Waals surface area contributed by atoms with E-state index in [4.69, 9.17) is 0 Å². The summed E-state index contributed by atoms with van der Waals surface area (Å²) in [6.45, 7) is 2.70. The Morgan fingerprint density at radius 3 is 2.88 bits per heavy atom. The van der Waals surface area contributed by atoms with Crippen molar-refractivity contribution < 1.29 is 9.53 Å². The van der Waals surface area contributed by atoms with Crippen molar-refractivity contribution in [2.75, 3.05) is 26.7 Å². The lowest BCUT2D eigenvalue weighted by molar-refractivity contribution is 0.0593. The van der Waals surface area contributed by atoms with Crippen LogP contribution in [-0.4, -0.2) is 42.7 Å². The smallest absolute Gasteiger partial charge is 0.358 e. The predicted octanol–water partition coefficient (Wildman–Crippen LogP) is -0.503. The Bertz CT molecular complexity index is 360. The number of methoxy groups -OCH3 is 1. The zero-order valence-corrected chi connectivity index (χ0v) is 9.06. The van der Waals surface area contributed by atoms with Crippen LogP contribution in [-0.2, 0) is 4.74 Å². The molecule has 1 aromatic heterocycles. The number of hydrogen-bond donors (Lipinski definition) is 2.